The van der Waals surface area contributed by atoms with Gasteiger partial charge in [0.1, 0.15) is 0 Å². The standard InChI is InChI=1S/C6H13O/c1-5(2)6(3)7-4/h5-6H,1H2,2-4H3. The second-order valence-corrected chi connectivity index (χ2v) is 1.92. The zero-order valence-corrected chi connectivity index (χ0v) is 5.27. The molecule has 1 nitrogen and oxygen atoms in total. The summed E-state index contributed by atoms with van der Waals surface area (Å²) in [7, 11) is 1.70. The van der Waals surface area contributed by atoms with Crippen LogP contribution in [0.5, 0.6) is 0 Å². The van der Waals surface area contributed by atoms with Crippen molar-refractivity contribution in [2.24, 2.45) is 5.92 Å². The van der Waals surface area contributed by atoms with Crippen molar-refractivity contribution in [3.63, 3.8) is 0 Å². The summed E-state index contributed by atoms with van der Waals surface area (Å²) in [5, 5.41) is 0. The first-order chi connectivity index (χ1) is 3.18. The van der Waals surface area contributed by atoms with E-state index < -0.39 is 0 Å². The third-order valence-electron chi connectivity index (χ3n) is 1.17. The van der Waals surface area contributed by atoms with Gasteiger partial charge in [0.2, 0.25) is 0 Å². The molecule has 0 saturated carbocycles. The smallest absolute Gasteiger partial charge is 0.0568 e. The van der Waals surface area contributed by atoms with E-state index in [9.17, 15) is 0 Å². The Morgan fingerprint density at radius 3 is 1.86 bits per heavy atom. The molecule has 0 N–H and O–H groups in total. The van der Waals surface area contributed by atoms with E-state index in [4.69, 9.17) is 4.74 Å². The Hall–Kier alpha value is -0.0400. The summed E-state index contributed by atoms with van der Waals surface area (Å²) in [6.07, 6.45) is 0.292. The van der Waals surface area contributed by atoms with E-state index in [2.05, 4.69) is 6.92 Å². The molecule has 0 aromatic carbocycles. The summed E-state index contributed by atoms with van der Waals surface area (Å²) in [5.41, 5.74) is 0. The van der Waals surface area contributed by atoms with Crippen molar-refractivity contribution in [2.75, 3.05) is 7.11 Å². The number of ether oxygens (including phenoxy) is 1. The molecule has 1 heteroatoms. The summed E-state index contributed by atoms with van der Waals surface area (Å²) >= 11 is 0. The van der Waals surface area contributed by atoms with Crippen LogP contribution in [-0.4, -0.2) is 13.2 Å². The lowest BCUT2D eigenvalue weighted by Crippen LogP contribution is -2.12. The predicted octanol–water partition coefficient (Wildman–Crippen LogP) is 1.49. The molecule has 0 spiro atoms. The minimum atomic E-state index is 0.292. The van der Waals surface area contributed by atoms with Gasteiger partial charge in [0.25, 0.3) is 0 Å². The molecule has 0 aliphatic rings. The highest BCUT2D eigenvalue weighted by atomic mass is 16.5. The Labute approximate surface area is 45.7 Å². The van der Waals surface area contributed by atoms with Gasteiger partial charge in [-0.15, -0.1) is 0 Å². The second-order valence-electron chi connectivity index (χ2n) is 1.92. The highest BCUT2D eigenvalue weighted by Crippen LogP contribution is 2.01. The van der Waals surface area contributed by atoms with Crippen LogP contribution in [0.25, 0.3) is 0 Å². The van der Waals surface area contributed by atoms with Gasteiger partial charge in [-0.05, 0) is 19.8 Å². The third-order valence-corrected chi connectivity index (χ3v) is 1.17. The highest BCUT2D eigenvalue weighted by Gasteiger charge is 2.02. The molecule has 0 fully saturated rings. The minimum Gasteiger partial charge on any atom is -0.381 e. The molecule has 0 aromatic rings. The first kappa shape index (κ1) is 6.96. The molecule has 0 rings (SSSR count). The molecule has 0 heterocycles. The second kappa shape index (κ2) is 3.03. The lowest BCUT2D eigenvalue weighted by atomic mass is 10.1. The van der Waals surface area contributed by atoms with E-state index in [-0.39, 0.29) is 0 Å². The number of rotatable bonds is 2. The summed E-state index contributed by atoms with van der Waals surface area (Å²) in [6, 6.07) is 0. The van der Waals surface area contributed by atoms with Crippen LogP contribution < -0.4 is 0 Å². The number of hydrogen-bond donors (Lipinski definition) is 0. The Kier molecular flexibility index (Phi) is 3.01. The fourth-order valence-corrected chi connectivity index (χ4v) is 0.232. The van der Waals surface area contributed by atoms with Gasteiger partial charge in [-0.2, -0.15) is 0 Å². The van der Waals surface area contributed by atoms with Crippen LogP contribution in [0.2, 0.25) is 0 Å². The van der Waals surface area contributed by atoms with Gasteiger partial charge in [-0.25, -0.2) is 0 Å². The maximum atomic E-state index is 4.95. The molecule has 2 unspecified atom stereocenters. The van der Waals surface area contributed by atoms with Crippen LogP contribution in [0.1, 0.15) is 13.8 Å². The fourth-order valence-electron chi connectivity index (χ4n) is 0.232. The van der Waals surface area contributed by atoms with Gasteiger partial charge in [-0.1, -0.05) is 6.92 Å². The summed E-state index contributed by atoms with van der Waals surface area (Å²) < 4.78 is 4.95. The van der Waals surface area contributed by atoms with Crippen molar-refractivity contribution >= 4 is 0 Å². The van der Waals surface area contributed by atoms with Crippen LogP contribution >= 0.6 is 0 Å². The predicted molar refractivity (Wildman–Crippen MR) is 31.0 cm³/mol. The normalized spacial score (nSPS) is 15.0. The molecule has 43 valence electrons. The minimum absolute atomic E-state index is 0.292. The summed E-state index contributed by atoms with van der Waals surface area (Å²) in [6.45, 7) is 7.83. The zero-order chi connectivity index (χ0) is 5.86. The van der Waals surface area contributed by atoms with Crippen molar-refractivity contribution in [3.8, 4) is 0 Å². The van der Waals surface area contributed by atoms with Crippen molar-refractivity contribution in [1.29, 1.82) is 0 Å². The number of methoxy groups -OCH3 is 1. The summed E-state index contributed by atoms with van der Waals surface area (Å²) in [5.74, 6) is 0.394. The average molecular weight is 101 g/mol. The quantitative estimate of drug-likeness (QED) is 0.512. The molecule has 0 aliphatic carbocycles. The van der Waals surface area contributed by atoms with E-state index >= 15 is 0 Å². The van der Waals surface area contributed by atoms with Crippen molar-refractivity contribution in [2.45, 2.75) is 20.0 Å². The van der Waals surface area contributed by atoms with E-state index in [0.717, 1.165) is 0 Å². The van der Waals surface area contributed by atoms with Crippen LogP contribution in [0.4, 0.5) is 0 Å². The Bertz CT molecular complexity index is 41.4. The topological polar surface area (TPSA) is 9.23 Å². The molecule has 0 amide bonds. The molecule has 0 aromatic heterocycles. The van der Waals surface area contributed by atoms with Gasteiger partial charge in [0, 0.05) is 7.11 Å². The third kappa shape index (κ3) is 2.63. The van der Waals surface area contributed by atoms with Crippen LogP contribution in [0.15, 0.2) is 0 Å². The van der Waals surface area contributed by atoms with Gasteiger partial charge in [0.15, 0.2) is 0 Å². The lowest BCUT2D eigenvalue weighted by molar-refractivity contribution is 0.0890. The van der Waals surface area contributed by atoms with E-state index in [1.54, 1.807) is 7.11 Å². The molecule has 0 aliphatic heterocycles. The monoisotopic (exact) mass is 101 g/mol. The Balaban J connectivity index is 3.14. The molecule has 0 bridgehead atoms. The largest absolute Gasteiger partial charge is 0.381 e. The van der Waals surface area contributed by atoms with E-state index in [1.807, 2.05) is 13.8 Å². The zero-order valence-electron chi connectivity index (χ0n) is 5.27. The first-order valence-electron chi connectivity index (χ1n) is 2.54. The Morgan fingerprint density at radius 1 is 1.43 bits per heavy atom. The van der Waals surface area contributed by atoms with E-state index in [1.165, 1.54) is 0 Å². The van der Waals surface area contributed by atoms with Crippen molar-refractivity contribution in [3.05, 3.63) is 6.92 Å². The molecule has 2 atom stereocenters. The maximum Gasteiger partial charge on any atom is 0.0568 e. The van der Waals surface area contributed by atoms with Gasteiger partial charge in [0.05, 0.1) is 6.10 Å². The molecule has 7 heavy (non-hydrogen) atoms. The average Bonchev–Trinajstić information content (AvgIpc) is 1.65. The van der Waals surface area contributed by atoms with E-state index in [0.29, 0.717) is 12.0 Å². The number of hydrogen-bond acceptors (Lipinski definition) is 1. The van der Waals surface area contributed by atoms with Crippen LogP contribution in [0.3, 0.4) is 0 Å². The lowest BCUT2D eigenvalue weighted by Gasteiger charge is -2.11. The Morgan fingerprint density at radius 2 is 1.86 bits per heavy atom. The molecular weight excluding hydrogens is 88.1 g/mol. The van der Waals surface area contributed by atoms with Crippen LogP contribution in [0, 0.1) is 12.8 Å². The van der Waals surface area contributed by atoms with Gasteiger partial charge < -0.3 is 4.74 Å². The first-order valence-corrected chi connectivity index (χ1v) is 2.54. The van der Waals surface area contributed by atoms with Crippen LogP contribution in [-0.2, 0) is 4.74 Å². The van der Waals surface area contributed by atoms with Gasteiger partial charge >= 0.3 is 0 Å². The molecule has 1 radical (unpaired) electrons. The molecular formula is C6H13O. The summed E-state index contributed by atoms with van der Waals surface area (Å²) in [4.78, 5) is 0. The maximum absolute atomic E-state index is 4.95. The fraction of sp³-hybridized carbons (Fsp3) is 0.833. The highest BCUT2D eigenvalue weighted by molar-refractivity contribution is 4.60. The SMILES string of the molecule is [CH2]C(C)C(C)OC. The van der Waals surface area contributed by atoms with Crippen molar-refractivity contribution in [1.82, 2.24) is 0 Å². The van der Waals surface area contributed by atoms with Crippen molar-refractivity contribution < 1.29 is 4.74 Å². The molecule has 0 saturated heterocycles. The van der Waals surface area contributed by atoms with Gasteiger partial charge in [-0.3, -0.25) is 0 Å².